The molecule has 1 aromatic carbocycles. The molecule has 4 nitrogen and oxygen atoms in total. The molecule has 0 aliphatic heterocycles. The molecule has 1 aromatic rings. The van der Waals surface area contributed by atoms with Crippen molar-refractivity contribution in [1.29, 1.82) is 0 Å². The maximum absolute atomic E-state index is 11.7. The van der Waals surface area contributed by atoms with E-state index >= 15 is 0 Å². The number of nitrogens with one attached hydrogen (secondary N) is 1. The van der Waals surface area contributed by atoms with Gasteiger partial charge in [-0.15, -0.1) is 0 Å². The van der Waals surface area contributed by atoms with Crippen LogP contribution in [-0.2, 0) is 5.41 Å². The van der Waals surface area contributed by atoms with Crippen LogP contribution in [0.2, 0.25) is 0 Å². The minimum Gasteiger partial charge on any atom is -0.394 e. The first-order chi connectivity index (χ1) is 8.34. The van der Waals surface area contributed by atoms with Crippen molar-refractivity contribution < 1.29 is 15.0 Å². The highest BCUT2D eigenvalue weighted by atomic mass is 16.3. The van der Waals surface area contributed by atoms with Gasteiger partial charge in [-0.2, -0.15) is 0 Å². The van der Waals surface area contributed by atoms with Crippen molar-refractivity contribution >= 4 is 5.91 Å². The van der Waals surface area contributed by atoms with E-state index in [0.29, 0.717) is 5.56 Å². The summed E-state index contributed by atoms with van der Waals surface area (Å²) in [5.74, 6) is -0.247. The molecule has 0 bridgehead atoms. The van der Waals surface area contributed by atoms with Gasteiger partial charge in [0.2, 0.25) is 0 Å². The van der Waals surface area contributed by atoms with Crippen molar-refractivity contribution in [1.82, 2.24) is 5.32 Å². The first-order valence-corrected chi connectivity index (χ1v) is 6.02. The Bertz CT molecular complexity index is 392. The number of carbonyl (C=O) groups is 1. The number of aliphatic hydroxyl groups is 2. The van der Waals surface area contributed by atoms with Crippen LogP contribution in [0.5, 0.6) is 0 Å². The molecular formula is C14H21NO3. The van der Waals surface area contributed by atoms with E-state index < -0.39 is 6.10 Å². The molecule has 1 rings (SSSR count). The second-order valence-electron chi connectivity index (χ2n) is 5.37. The minimum atomic E-state index is -0.914. The van der Waals surface area contributed by atoms with Crippen molar-refractivity contribution in [2.75, 3.05) is 13.2 Å². The molecule has 0 heterocycles. The highest BCUT2D eigenvalue weighted by molar-refractivity contribution is 5.94. The molecule has 0 radical (unpaired) electrons. The average molecular weight is 251 g/mol. The number of hydrogen-bond donors (Lipinski definition) is 3. The number of hydrogen-bond acceptors (Lipinski definition) is 3. The predicted octanol–water partition coefficient (Wildman–Crippen LogP) is 1.07. The van der Waals surface area contributed by atoms with Crippen LogP contribution in [0.25, 0.3) is 0 Å². The second-order valence-corrected chi connectivity index (χ2v) is 5.37. The van der Waals surface area contributed by atoms with Crippen molar-refractivity contribution in [2.45, 2.75) is 32.3 Å². The van der Waals surface area contributed by atoms with Gasteiger partial charge < -0.3 is 15.5 Å². The molecule has 1 unspecified atom stereocenters. The number of rotatable bonds is 4. The van der Waals surface area contributed by atoms with Crippen LogP contribution in [0.15, 0.2) is 24.3 Å². The van der Waals surface area contributed by atoms with Crippen LogP contribution >= 0.6 is 0 Å². The van der Waals surface area contributed by atoms with Gasteiger partial charge in [0.1, 0.15) is 0 Å². The Morgan fingerprint density at radius 2 is 1.83 bits per heavy atom. The Morgan fingerprint density at radius 1 is 1.28 bits per heavy atom. The molecule has 0 aromatic heterocycles. The highest BCUT2D eigenvalue weighted by Gasteiger charge is 2.14. The summed E-state index contributed by atoms with van der Waals surface area (Å²) in [7, 11) is 0. The van der Waals surface area contributed by atoms with Gasteiger partial charge in [-0.1, -0.05) is 32.9 Å². The molecule has 0 fully saturated rings. The second kappa shape index (κ2) is 5.98. The number of amides is 1. The number of aliphatic hydroxyl groups excluding tert-OH is 2. The summed E-state index contributed by atoms with van der Waals surface area (Å²) in [6.07, 6.45) is -0.914. The molecule has 0 aliphatic rings. The summed E-state index contributed by atoms with van der Waals surface area (Å²) in [5.41, 5.74) is 1.77. The smallest absolute Gasteiger partial charge is 0.251 e. The fraction of sp³-hybridized carbons (Fsp3) is 0.500. The van der Waals surface area contributed by atoms with Crippen LogP contribution in [0.4, 0.5) is 0 Å². The largest absolute Gasteiger partial charge is 0.394 e. The number of benzene rings is 1. The molecule has 0 saturated carbocycles. The number of carbonyl (C=O) groups excluding carboxylic acids is 1. The van der Waals surface area contributed by atoms with Crippen LogP contribution in [0.3, 0.4) is 0 Å². The van der Waals surface area contributed by atoms with Crippen LogP contribution in [0, 0.1) is 0 Å². The molecular weight excluding hydrogens is 230 g/mol. The monoisotopic (exact) mass is 251 g/mol. The van der Waals surface area contributed by atoms with Crippen LogP contribution in [0.1, 0.15) is 36.7 Å². The molecule has 1 atom stereocenters. The van der Waals surface area contributed by atoms with Crippen molar-refractivity contribution in [3.05, 3.63) is 35.4 Å². The van der Waals surface area contributed by atoms with E-state index in [0.717, 1.165) is 5.56 Å². The van der Waals surface area contributed by atoms with Crippen LogP contribution < -0.4 is 5.32 Å². The zero-order chi connectivity index (χ0) is 13.8. The SMILES string of the molecule is CC(C)(C)c1ccc(C(=O)NCC(O)CO)cc1. The zero-order valence-corrected chi connectivity index (χ0v) is 11.1. The Balaban J connectivity index is 2.65. The van der Waals surface area contributed by atoms with Crippen molar-refractivity contribution in [2.24, 2.45) is 0 Å². The summed E-state index contributed by atoms with van der Waals surface area (Å²) in [6, 6.07) is 7.39. The Labute approximate surface area is 108 Å². The standard InChI is InChI=1S/C14H21NO3/c1-14(2,3)11-6-4-10(5-7-11)13(18)15-8-12(17)9-16/h4-7,12,16-17H,8-9H2,1-3H3,(H,15,18). The van der Waals surface area contributed by atoms with Gasteiger partial charge in [0.25, 0.3) is 5.91 Å². The maximum Gasteiger partial charge on any atom is 0.251 e. The van der Waals surface area contributed by atoms with Gasteiger partial charge in [0.15, 0.2) is 0 Å². The van der Waals surface area contributed by atoms with E-state index in [9.17, 15) is 4.79 Å². The van der Waals surface area contributed by atoms with E-state index in [4.69, 9.17) is 10.2 Å². The molecule has 4 heteroatoms. The third-order valence-corrected chi connectivity index (χ3v) is 2.72. The summed E-state index contributed by atoms with van der Waals surface area (Å²) >= 11 is 0. The first kappa shape index (κ1) is 14.7. The summed E-state index contributed by atoms with van der Waals surface area (Å²) in [4.78, 5) is 11.7. The molecule has 100 valence electrons. The van der Waals surface area contributed by atoms with Crippen molar-refractivity contribution in [3.63, 3.8) is 0 Å². The van der Waals surface area contributed by atoms with Crippen molar-refractivity contribution in [3.8, 4) is 0 Å². The Kier molecular flexibility index (Phi) is 4.87. The lowest BCUT2D eigenvalue weighted by atomic mass is 9.87. The Hall–Kier alpha value is -1.39. The topological polar surface area (TPSA) is 69.6 Å². The third-order valence-electron chi connectivity index (χ3n) is 2.72. The van der Waals surface area contributed by atoms with Gasteiger partial charge in [0.05, 0.1) is 12.7 Å². The third kappa shape index (κ3) is 4.13. The fourth-order valence-electron chi connectivity index (χ4n) is 1.50. The molecule has 1 amide bonds. The molecule has 0 spiro atoms. The molecule has 18 heavy (non-hydrogen) atoms. The van der Waals surface area contributed by atoms with Gasteiger partial charge in [0, 0.05) is 12.1 Å². The maximum atomic E-state index is 11.7. The summed E-state index contributed by atoms with van der Waals surface area (Å²) in [5, 5.41) is 20.3. The lowest BCUT2D eigenvalue weighted by molar-refractivity contribution is 0.0802. The summed E-state index contributed by atoms with van der Waals surface area (Å²) < 4.78 is 0. The lowest BCUT2D eigenvalue weighted by Crippen LogP contribution is -2.33. The normalized spacial score (nSPS) is 13.2. The molecule has 0 aliphatic carbocycles. The van der Waals surface area contributed by atoms with E-state index in [1.54, 1.807) is 12.1 Å². The van der Waals surface area contributed by atoms with Gasteiger partial charge >= 0.3 is 0 Å². The molecule has 3 N–H and O–H groups in total. The van der Waals surface area contributed by atoms with E-state index in [1.165, 1.54) is 0 Å². The van der Waals surface area contributed by atoms with E-state index in [1.807, 2.05) is 12.1 Å². The quantitative estimate of drug-likeness (QED) is 0.749. The molecule has 0 saturated heterocycles. The first-order valence-electron chi connectivity index (χ1n) is 6.02. The predicted molar refractivity (Wildman–Crippen MR) is 70.6 cm³/mol. The Morgan fingerprint density at radius 3 is 2.28 bits per heavy atom. The summed E-state index contributed by atoms with van der Waals surface area (Å²) in [6.45, 7) is 6.03. The highest BCUT2D eigenvalue weighted by Crippen LogP contribution is 2.22. The van der Waals surface area contributed by atoms with Gasteiger partial charge in [-0.25, -0.2) is 0 Å². The fourth-order valence-corrected chi connectivity index (χ4v) is 1.50. The zero-order valence-electron chi connectivity index (χ0n) is 11.1. The lowest BCUT2D eigenvalue weighted by Gasteiger charge is -2.19. The minimum absolute atomic E-state index is 0.0519. The average Bonchev–Trinajstić information content (AvgIpc) is 2.34. The van der Waals surface area contributed by atoms with Gasteiger partial charge in [-0.05, 0) is 23.1 Å². The van der Waals surface area contributed by atoms with Gasteiger partial charge in [-0.3, -0.25) is 4.79 Å². The van der Waals surface area contributed by atoms with E-state index in [2.05, 4.69) is 26.1 Å². The van der Waals surface area contributed by atoms with E-state index in [-0.39, 0.29) is 24.5 Å². The van der Waals surface area contributed by atoms with Crippen LogP contribution in [-0.4, -0.2) is 35.4 Å².